The Kier molecular flexibility index (Phi) is 4.68. The largest absolute Gasteiger partial charge is 0.308 e. The van der Waals surface area contributed by atoms with Gasteiger partial charge in [0.2, 0.25) is 0 Å². The summed E-state index contributed by atoms with van der Waals surface area (Å²) in [5, 5.41) is 3.56. The van der Waals surface area contributed by atoms with E-state index >= 15 is 0 Å². The van der Waals surface area contributed by atoms with Gasteiger partial charge in [0.05, 0.1) is 0 Å². The predicted octanol–water partition coefficient (Wildman–Crippen LogP) is 3.69. The van der Waals surface area contributed by atoms with Gasteiger partial charge in [-0.2, -0.15) is 0 Å². The fraction of sp³-hybridized carbons (Fsp3) is 0.538. The summed E-state index contributed by atoms with van der Waals surface area (Å²) in [5.74, 6) is 0. The maximum Gasteiger partial charge on any atom is 0.0210 e. The number of hydrogen-bond donors (Lipinski definition) is 1. The van der Waals surface area contributed by atoms with Crippen molar-refractivity contribution in [3.05, 3.63) is 29.8 Å². The van der Waals surface area contributed by atoms with Gasteiger partial charge < -0.3 is 5.32 Å². The van der Waals surface area contributed by atoms with Crippen LogP contribution in [0.3, 0.4) is 0 Å². The molecule has 0 saturated carbocycles. The molecule has 1 rings (SSSR count). The van der Waals surface area contributed by atoms with Crippen LogP contribution in [0.25, 0.3) is 0 Å². The van der Waals surface area contributed by atoms with Gasteiger partial charge in [-0.05, 0) is 44.2 Å². The third-order valence-corrected chi connectivity index (χ3v) is 3.56. The average Bonchev–Trinajstić information content (AvgIpc) is 2.27. The molecule has 1 aromatic rings. The zero-order valence-electron chi connectivity index (χ0n) is 10.1. The van der Waals surface area contributed by atoms with E-state index in [2.05, 4.69) is 56.6 Å². The summed E-state index contributed by atoms with van der Waals surface area (Å²) < 4.78 is 0. The second-order valence-electron chi connectivity index (χ2n) is 4.44. The Morgan fingerprint density at radius 2 is 1.80 bits per heavy atom. The molecule has 0 aromatic heterocycles. The van der Waals surface area contributed by atoms with Crippen LogP contribution in [-0.2, 0) is 6.54 Å². The van der Waals surface area contributed by atoms with Crippen molar-refractivity contribution < 1.29 is 0 Å². The molecule has 0 aliphatic heterocycles. The van der Waals surface area contributed by atoms with Gasteiger partial charge in [0.1, 0.15) is 0 Å². The van der Waals surface area contributed by atoms with E-state index in [9.17, 15) is 0 Å². The molecule has 15 heavy (non-hydrogen) atoms. The lowest BCUT2D eigenvalue weighted by molar-refractivity contribution is 0.374. The molecule has 0 saturated heterocycles. The number of thioether (sulfide) groups is 1. The Balaban J connectivity index is 2.51. The Hall–Kier alpha value is -0.470. The van der Waals surface area contributed by atoms with Gasteiger partial charge in [-0.25, -0.2) is 0 Å². The van der Waals surface area contributed by atoms with E-state index in [-0.39, 0.29) is 5.54 Å². The van der Waals surface area contributed by atoms with Crippen molar-refractivity contribution in [3.63, 3.8) is 0 Å². The molecule has 0 atom stereocenters. The molecule has 2 heteroatoms. The predicted molar refractivity (Wildman–Crippen MR) is 69.4 cm³/mol. The molecule has 0 aliphatic carbocycles. The highest BCUT2D eigenvalue weighted by Gasteiger charge is 2.12. The van der Waals surface area contributed by atoms with E-state index in [1.807, 2.05) is 0 Å². The van der Waals surface area contributed by atoms with Crippen molar-refractivity contribution in [1.29, 1.82) is 0 Å². The van der Waals surface area contributed by atoms with E-state index in [0.717, 1.165) is 13.0 Å². The van der Waals surface area contributed by atoms with Gasteiger partial charge in [-0.15, -0.1) is 11.8 Å². The number of nitrogens with one attached hydrogen (secondary N) is 1. The second kappa shape index (κ2) is 5.57. The standard InChI is InChI=1S/C13H21NS/c1-5-13(2,3)14-10-11-6-8-12(15-4)9-7-11/h6-9,14H,5,10H2,1-4H3. The van der Waals surface area contributed by atoms with Crippen LogP contribution in [0.2, 0.25) is 0 Å². The van der Waals surface area contributed by atoms with Crippen molar-refractivity contribution in [3.8, 4) is 0 Å². The van der Waals surface area contributed by atoms with Gasteiger partial charge in [-0.1, -0.05) is 19.1 Å². The maximum absolute atomic E-state index is 3.56. The van der Waals surface area contributed by atoms with Crippen molar-refractivity contribution >= 4 is 11.8 Å². The fourth-order valence-electron chi connectivity index (χ4n) is 1.21. The minimum atomic E-state index is 0.234. The summed E-state index contributed by atoms with van der Waals surface area (Å²) in [4.78, 5) is 1.33. The molecule has 0 amide bonds. The van der Waals surface area contributed by atoms with Crippen LogP contribution in [-0.4, -0.2) is 11.8 Å². The fourth-order valence-corrected chi connectivity index (χ4v) is 1.62. The molecule has 1 nitrogen and oxygen atoms in total. The van der Waals surface area contributed by atoms with Crippen LogP contribution < -0.4 is 5.32 Å². The molecule has 84 valence electrons. The second-order valence-corrected chi connectivity index (χ2v) is 5.32. The molecular weight excluding hydrogens is 202 g/mol. The lowest BCUT2D eigenvalue weighted by atomic mass is 10.0. The summed E-state index contributed by atoms with van der Waals surface area (Å²) in [6, 6.07) is 8.76. The topological polar surface area (TPSA) is 12.0 Å². The first-order valence-electron chi connectivity index (χ1n) is 5.45. The number of hydrogen-bond acceptors (Lipinski definition) is 2. The number of benzene rings is 1. The highest BCUT2D eigenvalue weighted by molar-refractivity contribution is 7.98. The van der Waals surface area contributed by atoms with Gasteiger partial charge in [0.25, 0.3) is 0 Å². The summed E-state index contributed by atoms with van der Waals surface area (Å²) in [5.41, 5.74) is 1.59. The van der Waals surface area contributed by atoms with Crippen LogP contribution in [0.15, 0.2) is 29.2 Å². The van der Waals surface area contributed by atoms with Crippen LogP contribution in [0.5, 0.6) is 0 Å². The van der Waals surface area contributed by atoms with Crippen LogP contribution in [0.1, 0.15) is 32.8 Å². The molecular formula is C13H21NS. The Bertz CT molecular complexity index is 290. The summed E-state index contributed by atoms with van der Waals surface area (Å²) >= 11 is 1.79. The lowest BCUT2D eigenvalue weighted by Crippen LogP contribution is -2.37. The quantitative estimate of drug-likeness (QED) is 0.764. The zero-order chi connectivity index (χ0) is 11.3. The summed E-state index contributed by atoms with van der Waals surface area (Å²) in [6.07, 6.45) is 3.25. The first kappa shape index (κ1) is 12.6. The average molecular weight is 223 g/mol. The van der Waals surface area contributed by atoms with E-state index in [4.69, 9.17) is 0 Å². The lowest BCUT2D eigenvalue weighted by Gasteiger charge is -2.24. The molecule has 0 spiro atoms. The van der Waals surface area contributed by atoms with E-state index in [1.165, 1.54) is 10.5 Å². The van der Waals surface area contributed by atoms with Crippen molar-refractivity contribution in [2.75, 3.05) is 6.26 Å². The normalized spacial score (nSPS) is 11.7. The molecule has 0 unspecified atom stereocenters. The van der Waals surface area contributed by atoms with E-state index in [0.29, 0.717) is 0 Å². The minimum absolute atomic E-state index is 0.234. The van der Waals surface area contributed by atoms with E-state index in [1.54, 1.807) is 11.8 Å². The van der Waals surface area contributed by atoms with Gasteiger partial charge in [0, 0.05) is 17.0 Å². The first-order chi connectivity index (χ1) is 7.07. The van der Waals surface area contributed by atoms with Crippen LogP contribution >= 0.6 is 11.8 Å². The Labute approximate surface area is 97.7 Å². The molecule has 0 radical (unpaired) electrons. The molecule has 0 bridgehead atoms. The van der Waals surface area contributed by atoms with E-state index < -0.39 is 0 Å². The Morgan fingerprint density at radius 1 is 1.20 bits per heavy atom. The summed E-state index contributed by atoms with van der Waals surface area (Å²) in [6.45, 7) is 7.64. The van der Waals surface area contributed by atoms with Crippen molar-refractivity contribution in [2.24, 2.45) is 0 Å². The highest BCUT2D eigenvalue weighted by Crippen LogP contribution is 2.15. The van der Waals surface area contributed by atoms with Crippen molar-refractivity contribution in [1.82, 2.24) is 5.32 Å². The third-order valence-electron chi connectivity index (χ3n) is 2.81. The highest BCUT2D eigenvalue weighted by atomic mass is 32.2. The van der Waals surface area contributed by atoms with Crippen LogP contribution in [0, 0.1) is 0 Å². The van der Waals surface area contributed by atoms with Gasteiger partial charge in [0.15, 0.2) is 0 Å². The first-order valence-corrected chi connectivity index (χ1v) is 6.68. The summed E-state index contributed by atoms with van der Waals surface area (Å²) in [7, 11) is 0. The Morgan fingerprint density at radius 3 is 2.27 bits per heavy atom. The SMILES string of the molecule is CCC(C)(C)NCc1ccc(SC)cc1. The van der Waals surface area contributed by atoms with Gasteiger partial charge >= 0.3 is 0 Å². The minimum Gasteiger partial charge on any atom is -0.308 e. The maximum atomic E-state index is 3.56. The van der Waals surface area contributed by atoms with Crippen molar-refractivity contribution in [2.45, 2.75) is 44.2 Å². The monoisotopic (exact) mass is 223 g/mol. The smallest absolute Gasteiger partial charge is 0.0210 e. The molecule has 0 heterocycles. The molecule has 1 aromatic carbocycles. The molecule has 0 fully saturated rings. The van der Waals surface area contributed by atoms with Crippen LogP contribution in [0.4, 0.5) is 0 Å². The molecule has 0 aliphatic rings. The number of rotatable bonds is 5. The zero-order valence-corrected chi connectivity index (χ0v) is 10.9. The molecule has 1 N–H and O–H groups in total. The third kappa shape index (κ3) is 4.27. The van der Waals surface area contributed by atoms with Gasteiger partial charge in [-0.3, -0.25) is 0 Å².